The molecule has 0 aliphatic rings. The van der Waals surface area contributed by atoms with Crippen molar-refractivity contribution in [3.8, 4) is 0 Å². The highest BCUT2D eigenvalue weighted by molar-refractivity contribution is 7.92. The number of hydrogen-bond acceptors (Lipinski definition) is 5. The number of hydrogen-bond donors (Lipinski definition) is 2. The number of nitrogens with two attached hydrogens (primary N) is 1. The van der Waals surface area contributed by atoms with Gasteiger partial charge in [-0.05, 0) is 24.3 Å². The summed E-state index contributed by atoms with van der Waals surface area (Å²) in [5, 5.41) is 2.91. The van der Waals surface area contributed by atoms with Gasteiger partial charge in [0.2, 0.25) is 5.91 Å². The van der Waals surface area contributed by atoms with E-state index in [1.807, 2.05) is 0 Å². The van der Waals surface area contributed by atoms with Crippen LogP contribution in [0, 0.1) is 0 Å². The Kier molecular flexibility index (Phi) is 4.44. The normalized spacial score (nSPS) is 11.1. The summed E-state index contributed by atoms with van der Waals surface area (Å²) in [6.45, 7) is 0. The van der Waals surface area contributed by atoms with Crippen LogP contribution in [0.25, 0.3) is 0 Å². The molecule has 2 rings (SSSR count). The average Bonchev–Trinajstić information content (AvgIpc) is 2.38. The summed E-state index contributed by atoms with van der Waals surface area (Å²) in [6, 6.07) is 7.68. The third-order valence-electron chi connectivity index (χ3n) is 2.57. The van der Waals surface area contributed by atoms with Crippen LogP contribution in [-0.2, 0) is 14.6 Å². The third-order valence-corrected chi connectivity index (χ3v) is 4.49. The molecule has 1 heterocycles. The Labute approximate surface area is 126 Å². The quantitative estimate of drug-likeness (QED) is 0.891. The number of amides is 1. The smallest absolute Gasteiger partial charge is 0.239 e. The van der Waals surface area contributed by atoms with E-state index in [9.17, 15) is 13.2 Å². The molecule has 0 bridgehead atoms. The second kappa shape index (κ2) is 6.11. The van der Waals surface area contributed by atoms with E-state index in [1.165, 1.54) is 24.5 Å². The molecule has 0 fully saturated rings. The van der Waals surface area contributed by atoms with Crippen molar-refractivity contribution in [2.75, 3.05) is 16.8 Å². The van der Waals surface area contributed by atoms with Gasteiger partial charge in [0.05, 0.1) is 16.8 Å². The molecule has 0 atom stereocenters. The average molecular weight is 326 g/mol. The molecule has 110 valence electrons. The van der Waals surface area contributed by atoms with Crippen molar-refractivity contribution in [1.29, 1.82) is 0 Å². The minimum atomic E-state index is -3.83. The fraction of sp³-hybridized carbons (Fsp3) is 0.0769. The lowest BCUT2D eigenvalue weighted by Gasteiger charge is -2.08. The first kappa shape index (κ1) is 15.3. The van der Waals surface area contributed by atoms with Crippen molar-refractivity contribution in [1.82, 2.24) is 4.98 Å². The topological polar surface area (TPSA) is 102 Å². The molecule has 1 amide bonds. The number of nitrogens with zero attached hydrogens (tertiary/aromatic N) is 1. The molecule has 3 N–H and O–H groups in total. The minimum Gasteiger partial charge on any atom is -0.396 e. The summed E-state index contributed by atoms with van der Waals surface area (Å²) in [6.07, 6.45) is 2.53. The van der Waals surface area contributed by atoms with Crippen molar-refractivity contribution >= 4 is 38.7 Å². The van der Waals surface area contributed by atoms with Crippen LogP contribution in [-0.4, -0.2) is 25.1 Å². The van der Waals surface area contributed by atoms with Crippen LogP contribution in [0.2, 0.25) is 5.02 Å². The van der Waals surface area contributed by atoms with Gasteiger partial charge < -0.3 is 11.1 Å². The molecule has 0 aliphatic carbocycles. The summed E-state index contributed by atoms with van der Waals surface area (Å²) < 4.78 is 24.3. The van der Waals surface area contributed by atoms with Crippen LogP contribution in [0.4, 0.5) is 11.4 Å². The second-order valence-corrected chi connectivity index (χ2v) is 6.63. The van der Waals surface area contributed by atoms with E-state index in [-0.39, 0.29) is 10.6 Å². The zero-order chi connectivity index (χ0) is 15.5. The van der Waals surface area contributed by atoms with Gasteiger partial charge in [-0.2, -0.15) is 0 Å². The molecule has 0 aliphatic heterocycles. The number of nitrogens with one attached hydrogen (secondary N) is 1. The van der Waals surface area contributed by atoms with E-state index in [1.54, 1.807) is 18.2 Å². The number of nitrogen functional groups attached to an aromatic ring is 1. The Balaban J connectivity index is 2.14. The summed E-state index contributed by atoms with van der Waals surface area (Å²) in [5.41, 5.74) is 5.99. The van der Waals surface area contributed by atoms with Gasteiger partial charge in [-0.1, -0.05) is 17.7 Å². The van der Waals surface area contributed by atoms with Crippen molar-refractivity contribution < 1.29 is 13.2 Å². The summed E-state index contributed by atoms with van der Waals surface area (Å²) in [5.74, 6) is -1.39. The van der Waals surface area contributed by atoms with E-state index in [4.69, 9.17) is 17.3 Å². The molecule has 0 saturated carbocycles. The number of benzene rings is 1. The number of pyridine rings is 1. The largest absolute Gasteiger partial charge is 0.396 e. The first-order chi connectivity index (χ1) is 9.88. The van der Waals surface area contributed by atoms with Crippen molar-refractivity contribution in [3.63, 3.8) is 0 Å². The molecule has 21 heavy (non-hydrogen) atoms. The number of sulfone groups is 1. The lowest BCUT2D eigenvalue weighted by molar-refractivity contribution is -0.113. The molecule has 8 heteroatoms. The molecule has 0 radical (unpaired) electrons. The molecule has 0 saturated heterocycles. The number of halogens is 1. The maximum atomic E-state index is 12.1. The Morgan fingerprint density at radius 2 is 2.10 bits per heavy atom. The van der Waals surface area contributed by atoms with Gasteiger partial charge in [0.25, 0.3) is 0 Å². The Bertz CT molecular complexity index is 778. The van der Waals surface area contributed by atoms with Gasteiger partial charge >= 0.3 is 0 Å². The number of anilines is 2. The monoisotopic (exact) mass is 325 g/mol. The summed E-state index contributed by atoms with van der Waals surface area (Å²) in [7, 11) is -3.83. The lowest BCUT2D eigenvalue weighted by Crippen LogP contribution is -2.23. The predicted molar refractivity (Wildman–Crippen MR) is 80.8 cm³/mol. The van der Waals surface area contributed by atoms with Crippen LogP contribution in [0.5, 0.6) is 0 Å². The molecule has 6 nitrogen and oxygen atoms in total. The van der Waals surface area contributed by atoms with Crippen LogP contribution < -0.4 is 11.1 Å². The van der Waals surface area contributed by atoms with Gasteiger partial charge in [-0.15, -0.1) is 0 Å². The van der Waals surface area contributed by atoms with E-state index in [2.05, 4.69) is 10.3 Å². The maximum Gasteiger partial charge on any atom is 0.239 e. The molecule has 1 aromatic heterocycles. The van der Waals surface area contributed by atoms with E-state index >= 15 is 0 Å². The highest BCUT2D eigenvalue weighted by Gasteiger charge is 2.21. The van der Waals surface area contributed by atoms with Gasteiger partial charge in [0.1, 0.15) is 5.75 Å². The molecule has 0 unspecified atom stereocenters. The Morgan fingerprint density at radius 3 is 2.76 bits per heavy atom. The highest BCUT2D eigenvalue weighted by Crippen LogP contribution is 2.19. The minimum absolute atomic E-state index is 0.00746. The fourth-order valence-electron chi connectivity index (χ4n) is 1.69. The maximum absolute atomic E-state index is 12.1. The zero-order valence-electron chi connectivity index (χ0n) is 10.8. The van der Waals surface area contributed by atoms with Crippen LogP contribution >= 0.6 is 11.6 Å². The second-order valence-electron chi connectivity index (χ2n) is 4.23. The number of aromatic nitrogens is 1. The Hall–Kier alpha value is -2.12. The fourth-order valence-corrected chi connectivity index (χ4v) is 3.13. The zero-order valence-corrected chi connectivity index (χ0v) is 12.4. The molecule has 1 aromatic carbocycles. The number of rotatable bonds is 4. The van der Waals surface area contributed by atoms with Crippen molar-refractivity contribution in [2.24, 2.45) is 0 Å². The standard InChI is InChI=1S/C13H12ClN3O3S/c14-9-2-1-3-10(6-9)17-13(18)8-21(19,20)12-4-5-16-7-11(12)15/h1-7H,8,15H2,(H,17,18). The van der Waals surface area contributed by atoms with E-state index < -0.39 is 21.5 Å². The summed E-state index contributed by atoms with van der Waals surface area (Å²) >= 11 is 5.79. The SMILES string of the molecule is Nc1cnccc1S(=O)(=O)CC(=O)Nc1cccc(Cl)c1. The Morgan fingerprint density at radius 1 is 1.33 bits per heavy atom. The predicted octanol–water partition coefficient (Wildman–Crippen LogP) is 1.73. The highest BCUT2D eigenvalue weighted by atomic mass is 35.5. The third kappa shape index (κ3) is 3.93. The molecular formula is C13H12ClN3O3S. The molecule has 2 aromatic rings. The van der Waals surface area contributed by atoms with E-state index in [0.717, 1.165) is 0 Å². The van der Waals surface area contributed by atoms with E-state index in [0.29, 0.717) is 10.7 Å². The van der Waals surface area contributed by atoms with Crippen LogP contribution in [0.15, 0.2) is 47.6 Å². The number of carbonyl (C=O) groups is 1. The van der Waals surface area contributed by atoms with Gasteiger partial charge in [0, 0.05) is 16.9 Å². The molecular weight excluding hydrogens is 314 g/mol. The molecule has 0 spiro atoms. The summed E-state index contributed by atoms with van der Waals surface area (Å²) in [4.78, 5) is 15.4. The van der Waals surface area contributed by atoms with Gasteiger partial charge in [-0.25, -0.2) is 8.42 Å². The van der Waals surface area contributed by atoms with Gasteiger partial charge in [-0.3, -0.25) is 9.78 Å². The van der Waals surface area contributed by atoms with Crippen LogP contribution in [0.3, 0.4) is 0 Å². The van der Waals surface area contributed by atoms with Crippen molar-refractivity contribution in [3.05, 3.63) is 47.7 Å². The van der Waals surface area contributed by atoms with Gasteiger partial charge in [0.15, 0.2) is 9.84 Å². The van der Waals surface area contributed by atoms with Crippen LogP contribution in [0.1, 0.15) is 0 Å². The van der Waals surface area contributed by atoms with Crippen molar-refractivity contribution in [2.45, 2.75) is 4.90 Å². The number of carbonyl (C=O) groups excluding carboxylic acids is 1. The lowest BCUT2D eigenvalue weighted by atomic mass is 10.3. The first-order valence-electron chi connectivity index (χ1n) is 5.86. The first-order valence-corrected chi connectivity index (χ1v) is 7.89.